The van der Waals surface area contributed by atoms with Crippen LogP contribution in [0.4, 0.5) is 5.69 Å². The van der Waals surface area contributed by atoms with E-state index >= 15 is 0 Å². The minimum absolute atomic E-state index is 0.148. The average molecular weight is 285 g/mol. The third-order valence-electron chi connectivity index (χ3n) is 3.40. The first kappa shape index (κ1) is 16.3. The Kier molecular flexibility index (Phi) is 7.21. The monoisotopic (exact) mass is 284 g/mol. The molecule has 1 atom stereocenters. The number of unbranched alkanes of at least 4 members (excludes halogenated alkanes) is 1. The molecule has 1 unspecified atom stereocenters. The van der Waals surface area contributed by atoms with Crippen molar-refractivity contribution in [2.24, 2.45) is 0 Å². The highest BCUT2D eigenvalue weighted by atomic mass is 35.5. The first-order valence-electron chi connectivity index (χ1n) is 6.96. The maximum absolute atomic E-state index is 9.17. The van der Waals surface area contributed by atoms with Crippen LogP contribution in [0.3, 0.4) is 0 Å². The summed E-state index contributed by atoms with van der Waals surface area (Å²) in [6.45, 7) is 5.97. The molecule has 0 bridgehead atoms. The van der Waals surface area contributed by atoms with E-state index in [-0.39, 0.29) is 12.6 Å². The second-order valence-corrected chi connectivity index (χ2v) is 5.19. The Morgan fingerprint density at radius 1 is 1.37 bits per heavy atom. The molecule has 0 spiro atoms. The van der Waals surface area contributed by atoms with Gasteiger partial charge in [0.1, 0.15) is 0 Å². The quantitative estimate of drug-likeness (QED) is 0.769. The van der Waals surface area contributed by atoms with E-state index < -0.39 is 0 Å². The van der Waals surface area contributed by atoms with Crippen LogP contribution in [0.5, 0.6) is 0 Å². The maximum atomic E-state index is 9.17. The average Bonchev–Trinajstić information content (AvgIpc) is 2.42. The van der Waals surface area contributed by atoms with E-state index in [1.165, 1.54) is 5.56 Å². The molecule has 2 N–H and O–H groups in total. The van der Waals surface area contributed by atoms with E-state index in [9.17, 15) is 5.11 Å². The van der Waals surface area contributed by atoms with E-state index in [0.29, 0.717) is 6.54 Å². The molecule has 108 valence electrons. The lowest BCUT2D eigenvalue weighted by atomic mass is 10.1. The Morgan fingerprint density at radius 2 is 2.11 bits per heavy atom. The van der Waals surface area contributed by atoms with Crippen molar-refractivity contribution in [3.05, 3.63) is 28.8 Å². The molecule has 0 amide bonds. The van der Waals surface area contributed by atoms with E-state index in [0.717, 1.165) is 30.1 Å². The van der Waals surface area contributed by atoms with Crippen LogP contribution in [-0.4, -0.2) is 31.9 Å². The zero-order valence-electron chi connectivity index (χ0n) is 12.1. The first-order chi connectivity index (χ1) is 9.13. The molecule has 0 aliphatic heterocycles. The van der Waals surface area contributed by atoms with Crippen LogP contribution >= 0.6 is 11.6 Å². The Labute approximate surface area is 121 Å². The molecule has 0 radical (unpaired) electrons. The first-order valence-corrected chi connectivity index (χ1v) is 7.34. The van der Waals surface area contributed by atoms with Gasteiger partial charge in [0.15, 0.2) is 0 Å². The van der Waals surface area contributed by atoms with Crippen molar-refractivity contribution in [1.82, 2.24) is 5.32 Å². The highest BCUT2D eigenvalue weighted by Gasteiger charge is 2.12. The molecule has 0 saturated carbocycles. The summed E-state index contributed by atoms with van der Waals surface area (Å²) in [6, 6.07) is 6.44. The van der Waals surface area contributed by atoms with E-state index in [1.54, 1.807) is 0 Å². The van der Waals surface area contributed by atoms with Gasteiger partial charge in [0.2, 0.25) is 0 Å². The third-order valence-corrected chi connectivity index (χ3v) is 3.70. The molecule has 0 aliphatic carbocycles. The Morgan fingerprint density at radius 3 is 2.63 bits per heavy atom. The molecule has 0 aliphatic rings. The number of benzene rings is 1. The van der Waals surface area contributed by atoms with Crippen LogP contribution in [0.25, 0.3) is 0 Å². The van der Waals surface area contributed by atoms with Gasteiger partial charge in [-0.05, 0) is 38.1 Å². The maximum Gasteiger partial charge on any atom is 0.0642 e. The summed E-state index contributed by atoms with van der Waals surface area (Å²) in [7, 11) is 1.94. The van der Waals surface area contributed by atoms with Crippen LogP contribution in [-0.2, 0) is 0 Å². The Balaban J connectivity index is 2.90. The molecule has 4 heteroatoms. The molecule has 0 aromatic heterocycles. The summed E-state index contributed by atoms with van der Waals surface area (Å²) >= 11 is 6.39. The van der Waals surface area contributed by atoms with Crippen molar-refractivity contribution in [2.45, 2.75) is 32.7 Å². The standard InChI is InChI=1S/C15H25ClN2O/c1-4-5-8-18(9-10-19)15-7-6-13(11-14(15)16)12(2)17-3/h6-7,11-12,17,19H,4-5,8-10H2,1-3H3. The highest BCUT2D eigenvalue weighted by molar-refractivity contribution is 6.33. The van der Waals surface area contributed by atoms with Gasteiger partial charge in [0, 0.05) is 19.1 Å². The lowest BCUT2D eigenvalue weighted by molar-refractivity contribution is 0.301. The summed E-state index contributed by atoms with van der Waals surface area (Å²) in [5.74, 6) is 0. The van der Waals surface area contributed by atoms with E-state index in [2.05, 4.69) is 36.2 Å². The number of aliphatic hydroxyl groups excluding tert-OH is 1. The summed E-state index contributed by atoms with van der Waals surface area (Å²) in [4.78, 5) is 2.15. The normalized spacial score (nSPS) is 12.5. The number of hydrogen-bond donors (Lipinski definition) is 2. The lowest BCUT2D eigenvalue weighted by Crippen LogP contribution is -2.28. The van der Waals surface area contributed by atoms with Crippen LogP contribution in [0.1, 0.15) is 38.3 Å². The largest absolute Gasteiger partial charge is 0.395 e. The topological polar surface area (TPSA) is 35.5 Å². The molecule has 19 heavy (non-hydrogen) atoms. The van der Waals surface area contributed by atoms with Crippen molar-refractivity contribution in [1.29, 1.82) is 0 Å². The smallest absolute Gasteiger partial charge is 0.0642 e. The fourth-order valence-electron chi connectivity index (χ4n) is 2.04. The molecule has 0 heterocycles. The third kappa shape index (κ3) is 4.68. The van der Waals surface area contributed by atoms with Crippen LogP contribution in [0, 0.1) is 0 Å². The number of rotatable bonds is 8. The zero-order valence-corrected chi connectivity index (χ0v) is 12.9. The summed E-state index contributed by atoms with van der Waals surface area (Å²) in [5.41, 5.74) is 2.19. The molecular weight excluding hydrogens is 260 g/mol. The lowest BCUT2D eigenvalue weighted by Gasteiger charge is -2.25. The molecule has 0 saturated heterocycles. The molecule has 0 fully saturated rings. The number of nitrogens with zero attached hydrogens (tertiary/aromatic N) is 1. The second-order valence-electron chi connectivity index (χ2n) is 4.79. The Bertz CT molecular complexity index is 384. The van der Waals surface area contributed by atoms with E-state index in [1.807, 2.05) is 13.1 Å². The van der Waals surface area contributed by atoms with Gasteiger partial charge >= 0.3 is 0 Å². The number of halogens is 1. The molecular formula is C15H25ClN2O. The van der Waals surface area contributed by atoms with Crippen molar-refractivity contribution < 1.29 is 5.11 Å². The summed E-state index contributed by atoms with van der Waals surface area (Å²) < 4.78 is 0. The van der Waals surface area contributed by atoms with Gasteiger partial charge in [0.05, 0.1) is 17.3 Å². The van der Waals surface area contributed by atoms with E-state index in [4.69, 9.17) is 11.6 Å². The van der Waals surface area contributed by atoms with Gasteiger partial charge < -0.3 is 15.3 Å². The predicted molar refractivity (Wildman–Crippen MR) is 83.1 cm³/mol. The summed E-state index contributed by atoms with van der Waals surface area (Å²) in [5, 5.41) is 13.1. The van der Waals surface area contributed by atoms with Crippen LogP contribution < -0.4 is 10.2 Å². The number of hydrogen-bond acceptors (Lipinski definition) is 3. The van der Waals surface area contributed by atoms with Crippen molar-refractivity contribution >= 4 is 17.3 Å². The van der Waals surface area contributed by atoms with Crippen LogP contribution in [0.15, 0.2) is 18.2 Å². The molecule has 1 aromatic rings. The van der Waals surface area contributed by atoms with Gasteiger partial charge in [-0.25, -0.2) is 0 Å². The number of anilines is 1. The van der Waals surface area contributed by atoms with Crippen molar-refractivity contribution in [3.63, 3.8) is 0 Å². The predicted octanol–water partition coefficient (Wildman–Crippen LogP) is 3.22. The highest BCUT2D eigenvalue weighted by Crippen LogP contribution is 2.29. The van der Waals surface area contributed by atoms with Crippen LogP contribution in [0.2, 0.25) is 5.02 Å². The number of aliphatic hydroxyl groups is 1. The number of nitrogens with one attached hydrogen (secondary N) is 1. The fourth-order valence-corrected chi connectivity index (χ4v) is 2.35. The second kappa shape index (κ2) is 8.41. The zero-order chi connectivity index (χ0) is 14.3. The minimum Gasteiger partial charge on any atom is -0.395 e. The van der Waals surface area contributed by atoms with Gasteiger partial charge in [-0.2, -0.15) is 0 Å². The van der Waals surface area contributed by atoms with Crippen molar-refractivity contribution in [3.8, 4) is 0 Å². The summed E-state index contributed by atoms with van der Waals surface area (Å²) in [6.07, 6.45) is 2.24. The SMILES string of the molecule is CCCCN(CCO)c1ccc(C(C)NC)cc1Cl. The fraction of sp³-hybridized carbons (Fsp3) is 0.600. The van der Waals surface area contributed by atoms with Gasteiger partial charge in [0.25, 0.3) is 0 Å². The minimum atomic E-state index is 0.148. The van der Waals surface area contributed by atoms with Gasteiger partial charge in [-0.1, -0.05) is 31.0 Å². The molecule has 1 aromatic carbocycles. The molecule has 1 rings (SSSR count). The van der Waals surface area contributed by atoms with Gasteiger partial charge in [-0.3, -0.25) is 0 Å². The van der Waals surface area contributed by atoms with Gasteiger partial charge in [-0.15, -0.1) is 0 Å². The Hall–Kier alpha value is -0.770. The van der Waals surface area contributed by atoms with Crippen molar-refractivity contribution in [2.75, 3.05) is 31.6 Å². The molecule has 3 nitrogen and oxygen atoms in total.